The largest absolute Gasteiger partial charge is 0.375 e. The molecule has 32 heavy (non-hydrogen) atoms. The quantitative estimate of drug-likeness (QED) is 0.516. The first kappa shape index (κ1) is 23.1. The lowest BCUT2D eigenvalue weighted by atomic mass is 9.78. The molecule has 1 heterocycles. The summed E-state index contributed by atoms with van der Waals surface area (Å²) in [5, 5.41) is 15.5. The predicted molar refractivity (Wildman–Crippen MR) is 129 cm³/mol. The molecule has 0 aromatic heterocycles. The van der Waals surface area contributed by atoms with E-state index in [-0.39, 0.29) is 17.9 Å². The number of carbonyl (C=O) groups is 1. The van der Waals surface area contributed by atoms with Crippen LogP contribution in [0.3, 0.4) is 0 Å². The first-order chi connectivity index (χ1) is 15.7. The van der Waals surface area contributed by atoms with Gasteiger partial charge in [0.15, 0.2) is 5.60 Å². The molecule has 1 aromatic carbocycles. The summed E-state index contributed by atoms with van der Waals surface area (Å²) >= 11 is 0. The van der Waals surface area contributed by atoms with Gasteiger partial charge in [0, 0.05) is 30.8 Å². The Morgan fingerprint density at radius 3 is 2.50 bits per heavy atom. The fourth-order valence-electron chi connectivity index (χ4n) is 5.67. The normalized spacial score (nSPS) is 23.8. The lowest BCUT2D eigenvalue weighted by molar-refractivity contribution is -0.162. The van der Waals surface area contributed by atoms with Gasteiger partial charge in [-0.1, -0.05) is 61.2 Å². The van der Waals surface area contributed by atoms with Crippen molar-refractivity contribution in [1.29, 1.82) is 0 Å². The van der Waals surface area contributed by atoms with Crippen LogP contribution in [-0.2, 0) is 10.4 Å². The lowest BCUT2D eigenvalue weighted by Crippen LogP contribution is -2.56. The highest BCUT2D eigenvalue weighted by Gasteiger charge is 2.49. The van der Waals surface area contributed by atoms with Gasteiger partial charge in [-0.05, 0) is 63.6 Å². The maximum absolute atomic E-state index is 14.1. The first-order valence-corrected chi connectivity index (χ1v) is 12.6. The molecular formula is C28H38N2O2. The van der Waals surface area contributed by atoms with Crippen molar-refractivity contribution in [1.82, 2.24) is 10.2 Å². The van der Waals surface area contributed by atoms with Gasteiger partial charge in [-0.2, -0.15) is 0 Å². The van der Waals surface area contributed by atoms with Gasteiger partial charge in [0.25, 0.3) is 5.91 Å². The predicted octanol–water partition coefficient (Wildman–Crippen LogP) is 4.39. The number of allylic oxidation sites excluding steroid dienone is 2. The maximum Gasteiger partial charge on any atom is 0.259 e. The highest BCUT2D eigenvalue weighted by Crippen LogP contribution is 2.42. The Kier molecular flexibility index (Phi) is 8.05. The number of hydrogen-bond acceptors (Lipinski definition) is 3. The molecule has 2 atom stereocenters. The van der Waals surface area contributed by atoms with E-state index in [1.807, 2.05) is 35.2 Å². The summed E-state index contributed by atoms with van der Waals surface area (Å²) in [4.78, 5) is 16.1. The first-order valence-electron chi connectivity index (χ1n) is 12.6. The van der Waals surface area contributed by atoms with Crippen LogP contribution in [0.25, 0.3) is 0 Å². The number of rotatable bonds is 6. The van der Waals surface area contributed by atoms with Crippen molar-refractivity contribution in [2.24, 2.45) is 11.8 Å². The van der Waals surface area contributed by atoms with Gasteiger partial charge >= 0.3 is 0 Å². The van der Waals surface area contributed by atoms with Crippen LogP contribution >= 0.6 is 0 Å². The van der Waals surface area contributed by atoms with Crippen LogP contribution in [0.15, 0.2) is 42.5 Å². The zero-order valence-corrected chi connectivity index (χ0v) is 19.3. The van der Waals surface area contributed by atoms with Gasteiger partial charge in [0.1, 0.15) is 0 Å². The van der Waals surface area contributed by atoms with E-state index < -0.39 is 5.60 Å². The minimum atomic E-state index is -1.44. The molecule has 4 rings (SSSR count). The fourth-order valence-corrected chi connectivity index (χ4v) is 5.67. The summed E-state index contributed by atoms with van der Waals surface area (Å²) in [6, 6.07) is 9.83. The number of hydrogen-bond donors (Lipinski definition) is 2. The zero-order chi connectivity index (χ0) is 22.2. The molecule has 0 bridgehead atoms. The number of nitrogens with zero attached hydrogens (tertiary/aromatic N) is 1. The summed E-state index contributed by atoms with van der Waals surface area (Å²) in [5.41, 5.74) is -0.694. The molecule has 2 aliphatic carbocycles. The minimum Gasteiger partial charge on any atom is -0.375 e. The lowest BCUT2D eigenvalue weighted by Gasteiger charge is -2.42. The number of aliphatic hydroxyl groups is 1. The summed E-state index contributed by atoms with van der Waals surface area (Å²) in [6.45, 7) is 2.43. The molecular weight excluding hydrogens is 396 g/mol. The van der Waals surface area contributed by atoms with Crippen LogP contribution in [0, 0.1) is 23.7 Å². The van der Waals surface area contributed by atoms with E-state index in [4.69, 9.17) is 0 Å². The standard InChI is InChI=1S/C28H38N2O2/c31-27(28(32,25-16-7-8-17-25)24-14-5-2-6-15-24)30(26-18-20-29-21-19-26)22-10-9-13-23-11-3-1-4-12-23/h1-3,5-6,14-15,23,25-26,29,32H,4,7-8,10-12,16-22H2. The fraction of sp³-hybridized carbons (Fsp3) is 0.607. The Hall–Kier alpha value is -2.09. The zero-order valence-electron chi connectivity index (χ0n) is 19.3. The second kappa shape index (κ2) is 11.2. The summed E-state index contributed by atoms with van der Waals surface area (Å²) < 4.78 is 0. The van der Waals surface area contributed by atoms with E-state index in [2.05, 4.69) is 29.3 Å². The van der Waals surface area contributed by atoms with Crippen LogP contribution in [0.4, 0.5) is 0 Å². The van der Waals surface area contributed by atoms with Crippen molar-refractivity contribution in [3.8, 4) is 11.8 Å². The van der Waals surface area contributed by atoms with Crippen molar-refractivity contribution in [3.63, 3.8) is 0 Å². The van der Waals surface area contributed by atoms with Gasteiger partial charge in [0.2, 0.25) is 0 Å². The van der Waals surface area contributed by atoms with Crippen LogP contribution in [0.2, 0.25) is 0 Å². The molecule has 2 N–H and O–H groups in total. The van der Waals surface area contributed by atoms with Gasteiger partial charge in [0.05, 0.1) is 0 Å². The average molecular weight is 435 g/mol. The summed E-state index contributed by atoms with van der Waals surface area (Å²) in [6.07, 6.45) is 14.3. The van der Waals surface area contributed by atoms with Gasteiger partial charge < -0.3 is 15.3 Å². The second-order valence-electron chi connectivity index (χ2n) is 9.65. The van der Waals surface area contributed by atoms with E-state index in [1.165, 1.54) is 0 Å². The van der Waals surface area contributed by atoms with E-state index in [9.17, 15) is 9.90 Å². The Morgan fingerprint density at radius 1 is 1.06 bits per heavy atom. The Bertz CT molecular complexity index is 828. The van der Waals surface area contributed by atoms with E-state index in [0.717, 1.165) is 76.4 Å². The monoisotopic (exact) mass is 434 g/mol. The van der Waals surface area contributed by atoms with Crippen LogP contribution in [-0.4, -0.2) is 41.6 Å². The van der Waals surface area contributed by atoms with E-state index in [0.29, 0.717) is 18.9 Å². The number of nitrogens with one attached hydrogen (secondary N) is 1. The number of benzene rings is 1. The topological polar surface area (TPSA) is 52.6 Å². The van der Waals surface area contributed by atoms with Crippen molar-refractivity contribution in [3.05, 3.63) is 48.0 Å². The minimum absolute atomic E-state index is 0.0123. The molecule has 2 unspecified atom stereocenters. The van der Waals surface area contributed by atoms with E-state index in [1.54, 1.807) is 0 Å². The molecule has 1 aromatic rings. The van der Waals surface area contributed by atoms with Crippen LogP contribution < -0.4 is 5.32 Å². The summed E-state index contributed by atoms with van der Waals surface area (Å²) in [5.74, 6) is 7.12. The molecule has 1 amide bonds. The molecule has 3 aliphatic rings. The molecule has 0 spiro atoms. The summed E-state index contributed by atoms with van der Waals surface area (Å²) in [7, 11) is 0. The molecule has 1 aliphatic heterocycles. The van der Waals surface area contributed by atoms with E-state index >= 15 is 0 Å². The van der Waals surface area contributed by atoms with Crippen LogP contribution in [0.5, 0.6) is 0 Å². The molecule has 172 valence electrons. The highest BCUT2D eigenvalue weighted by molar-refractivity contribution is 5.87. The second-order valence-corrected chi connectivity index (χ2v) is 9.65. The third-order valence-corrected chi connectivity index (χ3v) is 7.55. The Labute approximate surface area is 193 Å². The SMILES string of the molecule is O=C(N(CCC#CC1CC=CCC1)C1CCNCC1)C(O)(c1ccccc1)C1CCCC1. The van der Waals surface area contributed by atoms with Crippen molar-refractivity contribution in [2.75, 3.05) is 19.6 Å². The molecule has 4 heteroatoms. The molecule has 2 fully saturated rings. The number of amides is 1. The third-order valence-electron chi connectivity index (χ3n) is 7.55. The molecule has 0 radical (unpaired) electrons. The molecule has 1 saturated heterocycles. The molecule has 1 saturated carbocycles. The average Bonchev–Trinajstić information content (AvgIpc) is 3.41. The number of piperidine rings is 1. The number of carbonyl (C=O) groups excluding carboxylic acids is 1. The van der Waals surface area contributed by atoms with Crippen molar-refractivity contribution in [2.45, 2.75) is 75.9 Å². The van der Waals surface area contributed by atoms with Gasteiger partial charge in [-0.25, -0.2) is 0 Å². The Morgan fingerprint density at radius 2 is 1.81 bits per heavy atom. The Balaban J connectivity index is 1.55. The van der Waals surface area contributed by atoms with Crippen LogP contribution in [0.1, 0.15) is 69.8 Å². The smallest absolute Gasteiger partial charge is 0.259 e. The van der Waals surface area contributed by atoms with Gasteiger partial charge in [-0.15, -0.1) is 5.92 Å². The van der Waals surface area contributed by atoms with Gasteiger partial charge in [-0.3, -0.25) is 4.79 Å². The third kappa shape index (κ3) is 5.27. The highest BCUT2D eigenvalue weighted by atomic mass is 16.3. The molecule has 4 nitrogen and oxygen atoms in total. The maximum atomic E-state index is 14.1. The van der Waals surface area contributed by atoms with Crippen molar-refractivity contribution >= 4 is 5.91 Å². The van der Waals surface area contributed by atoms with Crippen molar-refractivity contribution < 1.29 is 9.90 Å².